The SMILES string of the molecule is COc1ccc(CNc2ncnc3[nH]cc(C4=CCC(C)N(C(=O)OC(C)(C)C)C4)c23)cc1. The number of methoxy groups -OCH3 is 1. The molecule has 3 heterocycles. The summed E-state index contributed by atoms with van der Waals surface area (Å²) in [4.78, 5) is 26.7. The van der Waals surface area contributed by atoms with E-state index in [1.165, 1.54) is 0 Å². The van der Waals surface area contributed by atoms with Gasteiger partial charge in [0.05, 0.1) is 12.5 Å². The van der Waals surface area contributed by atoms with E-state index < -0.39 is 5.60 Å². The van der Waals surface area contributed by atoms with Gasteiger partial charge < -0.3 is 24.7 Å². The highest BCUT2D eigenvalue weighted by Gasteiger charge is 2.30. The number of aromatic nitrogens is 3. The minimum absolute atomic E-state index is 0.0673. The number of fused-ring (bicyclic) bond motifs is 1. The zero-order valence-electron chi connectivity index (χ0n) is 19.8. The van der Waals surface area contributed by atoms with E-state index in [2.05, 4.69) is 26.3 Å². The number of amides is 1. The lowest BCUT2D eigenvalue weighted by Gasteiger charge is -2.34. The van der Waals surface area contributed by atoms with Crippen LogP contribution in [0.2, 0.25) is 0 Å². The van der Waals surface area contributed by atoms with Crippen molar-refractivity contribution in [3.8, 4) is 5.75 Å². The number of hydrogen-bond donors (Lipinski definition) is 2. The molecule has 2 aromatic heterocycles. The Morgan fingerprint density at radius 2 is 2.00 bits per heavy atom. The summed E-state index contributed by atoms with van der Waals surface area (Å²) in [6.07, 6.45) is 6.13. The van der Waals surface area contributed by atoms with Crippen LogP contribution in [0, 0.1) is 0 Å². The molecule has 1 unspecified atom stereocenters. The zero-order chi connectivity index (χ0) is 23.6. The Hall–Kier alpha value is -3.55. The standard InChI is InChI=1S/C25H31N5O3/c1-16-6-9-18(14-30(16)24(31)33-25(2,3)4)20-13-27-23-21(20)22(28-15-29-23)26-12-17-7-10-19(32-5)11-8-17/h7-11,13,15-16H,6,12,14H2,1-5H3,(H2,26,27,28,29). The Morgan fingerprint density at radius 3 is 2.70 bits per heavy atom. The first-order chi connectivity index (χ1) is 15.7. The van der Waals surface area contributed by atoms with Gasteiger partial charge in [0.1, 0.15) is 29.1 Å². The third kappa shape index (κ3) is 5.10. The molecule has 0 radical (unpaired) electrons. The summed E-state index contributed by atoms with van der Waals surface area (Å²) in [6.45, 7) is 8.77. The minimum atomic E-state index is -0.536. The molecule has 174 valence electrons. The number of anilines is 1. The number of rotatable bonds is 5. The predicted octanol–water partition coefficient (Wildman–Crippen LogP) is 4.99. The molecule has 4 rings (SSSR count). The Balaban J connectivity index is 1.58. The fourth-order valence-electron chi connectivity index (χ4n) is 3.88. The molecule has 1 aliphatic rings. The van der Waals surface area contributed by atoms with Gasteiger partial charge in [-0.2, -0.15) is 0 Å². The van der Waals surface area contributed by atoms with Crippen LogP contribution in [-0.4, -0.2) is 51.2 Å². The number of benzene rings is 1. The molecule has 0 bridgehead atoms. The van der Waals surface area contributed by atoms with Crippen molar-refractivity contribution in [3.63, 3.8) is 0 Å². The van der Waals surface area contributed by atoms with Crippen molar-refractivity contribution in [2.24, 2.45) is 0 Å². The van der Waals surface area contributed by atoms with Crippen LogP contribution in [0.5, 0.6) is 5.75 Å². The van der Waals surface area contributed by atoms with Crippen molar-refractivity contribution >= 4 is 28.5 Å². The van der Waals surface area contributed by atoms with Gasteiger partial charge in [-0.3, -0.25) is 0 Å². The van der Waals surface area contributed by atoms with Gasteiger partial charge in [-0.25, -0.2) is 14.8 Å². The average Bonchev–Trinajstić information content (AvgIpc) is 3.22. The number of carbonyl (C=O) groups excluding carboxylic acids is 1. The first kappa shape index (κ1) is 22.6. The lowest BCUT2D eigenvalue weighted by Crippen LogP contribution is -2.44. The third-order valence-corrected chi connectivity index (χ3v) is 5.64. The van der Waals surface area contributed by atoms with E-state index in [1.807, 2.05) is 58.2 Å². The minimum Gasteiger partial charge on any atom is -0.497 e. The summed E-state index contributed by atoms with van der Waals surface area (Å²) < 4.78 is 10.9. The first-order valence-corrected chi connectivity index (χ1v) is 11.1. The average molecular weight is 450 g/mol. The highest BCUT2D eigenvalue weighted by atomic mass is 16.6. The van der Waals surface area contributed by atoms with Crippen molar-refractivity contribution in [1.29, 1.82) is 0 Å². The van der Waals surface area contributed by atoms with Crippen LogP contribution < -0.4 is 10.1 Å². The fourth-order valence-corrected chi connectivity index (χ4v) is 3.88. The van der Waals surface area contributed by atoms with Crippen LogP contribution >= 0.6 is 0 Å². The monoisotopic (exact) mass is 449 g/mol. The number of H-pyrrole nitrogens is 1. The zero-order valence-corrected chi connectivity index (χ0v) is 19.8. The van der Waals surface area contributed by atoms with Crippen LogP contribution in [0.25, 0.3) is 16.6 Å². The van der Waals surface area contributed by atoms with Gasteiger partial charge in [0.15, 0.2) is 0 Å². The Kier molecular flexibility index (Phi) is 6.26. The highest BCUT2D eigenvalue weighted by Crippen LogP contribution is 2.33. The molecular formula is C25H31N5O3. The second-order valence-corrected chi connectivity index (χ2v) is 9.27. The third-order valence-electron chi connectivity index (χ3n) is 5.64. The molecule has 1 aliphatic heterocycles. The van der Waals surface area contributed by atoms with Crippen LogP contribution in [0.15, 0.2) is 42.9 Å². The molecule has 8 nitrogen and oxygen atoms in total. The number of nitrogens with zero attached hydrogens (tertiary/aromatic N) is 3. The summed E-state index contributed by atoms with van der Waals surface area (Å²) >= 11 is 0. The number of carbonyl (C=O) groups is 1. The molecule has 33 heavy (non-hydrogen) atoms. The van der Waals surface area contributed by atoms with E-state index in [9.17, 15) is 4.79 Å². The molecule has 0 aliphatic carbocycles. The molecule has 1 aromatic carbocycles. The normalized spacial score (nSPS) is 16.5. The summed E-state index contributed by atoms with van der Waals surface area (Å²) in [6, 6.07) is 7.98. The lowest BCUT2D eigenvalue weighted by molar-refractivity contribution is 0.0201. The molecular weight excluding hydrogens is 418 g/mol. The van der Waals surface area contributed by atoms with E-state index in [0.717, 1.165) is 45.7 Å². The molecule has 0 fully saturated rings. The molecule has 8 heteroatoms. The molecule has 3 aromatic rings. The van der Waals surface area contributed by atoms with Gasteiger partial charge in [-0.05, 0) is 57.4 Å². The molecule has 1 atom stereocenters. The van der Waals surface area contributed by atoms with Gasteiger partial charge in [0.25, 0.3) is 0 Å². The van der Waals surface area contributed by atoms with Crippen molar-refractivity contribution in [3.05, 3.63) is 54.0 Å². The maximum Gasteiger partial charge on any atom is 0.410 e. The largest absolute Gasteiger partial charge is 0.497 e. The van der Waals surface area contributed by atoms with Crippen molar-refractivity contribution in [2.45, 2.75) is 52.3 Å². The van der Waals surface area contributed by atoms with E-state index in [-0.39, 0.29) is 12.1 Å². The maximum absolute atomic E-state index is 12.8. The lowest BCUT2D eigenvalue weighted by atomic mass is 9.98. The van der Waals surface area contributed by atoms with Gasteiger partial charge in [0.2, 0.25) is 0 Å². The Bertz CT molecular complexity index is 1160. The summed E-state index contributed by atoms with van der Waals surface area (Å²) in [5.41, 5.74) is 3.36. The molecule has 2 N–H and O–H groups in total. The van der Waals surface area contributed by atoms with Gasteiger partial charge >= 0.3 is 6.09 Å². The van der Waals surface area contributed by atoms with E-state index >= 15 is 0 Å². The van der Waals surface area contributed by atoms with Crippen molar-refractivity contribution in [2.75, 3.05) is 19.0 Å². The molecule has 1 amide bonds. The van der Waals surface area contributed by atoms with Gasteiger partial charge in [-0.15, -0.1) is 0 Å². The summed E-state index contributed by atoms with van der Waals surface area (Å²) in [5, 5.41) is 4.35. The summed E-state index contributed by atoms with van der Waals surface area (Å²) in [7, 11) is 1.66. The Labute approximate surface area is 194 Å². The highest BCUT2D eigenvalue weighted by molar-refractivity contribution is 5.98. The van der Waals surface area contributed by atoms with E-state index in [1.54, 1.807) is 18.3 Å². The van der Waals surface area contributed by atoms with Crippen LogP contribution in [0.4, 0.5) is 10.6 Å². The second kappa shape index (κ2) is 9.13. The maximum atomic E-state index is 12.8. The molecule has 0 saturated carbocycles. The van der Waals surface area contributed by atoms with Gasteiger partial charge in [0, 0.05) is 30.9 Å². The second-order valence-electron chi connectivity index (χ2n) is 9.27. The Morgan fingerprint density at radius 1 is 1.24 bits per heavy atom. The van der Waals surface area contributed by atoms with Crippen molar-refractivity contribution < 1.29 is 14.3 Å². The van der Waals surface area contributed by atoms with Crippen LogP contribution in [0.1, 0.15) is 45.2 Å². The number of hydrogen-bond acceptors (Lipinski definition) is 6. The number of aromatic amines is 1. The van der Waals surface area contributed by atoms with E-state index in [0.29, 0.717) is 13.1 Å². The first-order valence-electron chi connectivity index (χ1n) is 11.1. The van der Waals surface area contributed by atoms with Crippen molar-refractivity contribution in [1.82, 2.24) is 19.9 Å². The summed E-state index contributed by atoms with van der Waals surface area (Å²) in [5.74, 6) is 1.57. The van der Waals surface area contributed by atoms with Crippen LogP contribution in [-0.2, 0) is 11.3 Å². The van der Waals surface area contributed by atoms with Crippen LogP contribution in [0.3, 0.4) is 0 Å². The topological polar surface area (TPSA) is 92.4 Å². The predicted molar refractivity (Wildman–Crippen MR) is 129 cm³/mol. The fraction of sp³-hybridized carbons (Fsp3) is 0.400. The quantitative estimate of drug-likeness (QED) is 0.570. The molecule has 0 saturated heterocycles. The number of ether oxygens (including phenoxy) is 2. The van der Waals surface area contributed by atoms with Gasteiger partial charge in [-0.1, -0.05) is 18.2 Å². The van der Waals surface area contributed by atoms with E-state index in [4.69, 9.17) is 9.47 Å². The smallest absolute Gasteiger partial charge is 0.410 e. The molecule has 0 spiro atoms. The number of nitrogens with one attached hydrogen (secondary N) is 2.